The Morgan fingerprint density at radius 3 is 2.29 bits per heavy atom. The van der Waals surface area contributed by atoms with Gasteiger partial charge in [-0.1, -0.05) is 0 Å². The van der Waals surface area contributed by atoms with E-state index in [0.29, 0.717) is 17.1 Å². The molecule has 0 heterocycles. The van der Waals surface area contributed by atoms with Crippen LogP contribution in [0.1, 0.15) is 0 Å². The fraction of sp³-hybridized carbons (Fsp3) is 0. The van der Waals surface area contributed by atoms with Crippen molar-refractivity contribution in [3.8, 4) is 11.5 Å². The van der Waals surface area contributed by atoms with E-state index in [9.17, 15) is 8.78 Å². The third-order valence-electron chi connectivity index (χ3n) is 2.18. The average Bonchev–Trinajstić information content (AvgIpc) is 2.27. The molecule has 0 atom stereocenters. The van der Waals surface area contributed by atoms with Gasteiger partial charge >= 0.3 is 0 Å². The minimum Gasteiger partial charge on any atom is -0.454 e. The maximum absolute atomic E-state index is 13.3. The first kappa shape index (κ1) is 11.2. The summed E-state index contributed by atoms with van der Waals surface area (Å²) in [4.78, 5) is 0. The van der Waals surface area contributed by atoms with Gasteiger partial charge in [-0.05, 0) is 24.3 Å². The molecule has 0 aliphatic carbocycles. The first-order valence-corrected chi connectivity index (χ1v) is 4.84. The second-order valence-electron chi connectivity index (χ2n) is 3.47. The Hall–Kier alpha value is -2.30. The minimum atomic E-state index is -0.777. The fourth-order valence-electron chi connectivity index (χ4n) is 1.30. The van der Waals surface area contributed by atoms with E-state index in [2.05, 4.69) is 0 Å². The monoisotopic (exact) mass is 236 g/mol. The molecule has 2 rings (SSSR count). The number of nitrogens with two attached hydrogens (primary N) is 2. The number of benzene rings is 2. The average molecular weight is 236 g/mol. The van der Waals surface area contributed by atoms with Crippen molar-refractivity contribution >= 4 is 11.4 Å². The van der Waals surface area contributed by atoms with Crippen molar-refractivity contribution in [3.05, 3.63) is 48.0 Å². The first-order valence-electron chi connectivity index (χ1n) is 4.84. The predicted molar refractivity (Wildman–Crippen MR) is 61.7 cm³/mol. The third-order valence-corrected chi connectivity index (χ3v) is 2.18. The molecule has 0 amide bonds. The van der Waals surface area contributed by atoms with E-state index in [4.69, 9.17) is 16.2 Å². The molecule has 4 N–H and O–H groups in total. The maximum Gasteiger partial charge on any atom is 0.168 e. The molecular weight excluding hydrogens is 226 g/mol. The highest BCUT2D eigenvalue weighted by molar-refractivity contribution is 5.65. The number of anilines is 2. The van der Waals surface area contributed by atoms with E-state index in [0.717, 1.165) is 12.1 Å². The molecule has 2 aromatic carbocycles. The molecule has 0 aliphatic heterocycles. The predicted octanol–water partition coefficient (Wildman–Crippen LogP) is 2.92. The molecule has 5 heteroatoms. The van der Waals surface area contributed by atoms with Crippen molar-refractivity contribution in [2.45, 2.75) is 0 Å². The highest BCUT2D eigenvalue weighted by atomic mass is 19.1. The van der Waals surface area contributed by atoms with Crippen molar-refractivity contribution in [1.82, 2.24) is 0 Å². The van der Waals surface area contributed by atoms with Gasteiger partial charge in [0.15, 0.2) is 11.6 Å². The lowest BCUT2D eigenvalue weighted by Gasteiger charge is -2.08. The zero-order valence-corrected chi connectivity index (χ0v) is 8.78. The number of hydrogen-bond acceptors (Lipinski definition) is 3. The van der Waals surface area contributed by atoms with Crippen molar-refractivity contribution in [2.24, 2.45) is 0 Å². The second-order valence-corrected chi connectivity index (χ2v) is 3.47. The van der Waals surface area contributed by atoms with Crippen LogP contribution in [0.15, 0.2) is 36.4 Å². The quantitative estimate of drug-likeness (QED) is 0.788. The number of rotatable bonds is 2. The van der Waals surface area contributed by atoms with E-state index in [1.54, 1.807) is 12.1 Å². The summed E-state index contributed by atoms with van der Waals surface area (Å²) in [6.45, 7) is 0. The highest BCUT2D eigenvalue weighted by Crippen LogP contribution is 2.28. The van der Waals surface area contributed by atoms with Crippen LogP contribution in [0.5, 0.6) is 11.5 Å². The Kier molecular flexibility index (Phi) is 2.82. The van der Waals surface area contributed by atoms with E-state index in [-0.39, 0.29) is 5.75 Å². The Morgan fingerprint density at radius 2 is 1.65 bits per heavy atom. The van der Waals surface area contributed by atoms with Gasteiger partial charge in [0.1, 0.15) is 11.6 Å². The van der Waals surface area contributed by atoms with E-state index in [1.807, 2.05) is 0 Å². The Bertz CT molecular complexity index is 558. The molecule has 0 saturated heterocycles. The van der Waals surface area contributed by atoms with Crippen molar-refractivity contribution in [2.75, 3.05) is 11.5 Å². The summed E-state index contributed by atoms with van der Waals surface area (Å²) in [6, 6.07) is 7.63. The molecule has 0 fully saturated rings. The van der Waals surface area contributed by atoms with Crippen LogP contribution in [-0.4, -0.2) is 0 Å². The van der Waals surface area contributed by atoms with Gasteiger partial charge in [-0.15, -0.1) is 0 Å². The molecule has 0 unspecified atom stereocenters. The number of ether oxygens (including phenoxy) is 1. The number of halogens is 2. The van der Waals surface area contributed by atoms with Gasteiger partial charge in [-0.25, -0.2) is 8.78 Å². The molecule has 0 aromatic heterocycles. The maximum atomic E-state index is 13.3. The first-order chi connectivity index (χ1) is 8.06. The zero-order chi connectivity index (χ0) is 12.4. The van der Waals surface area contributed by atoms with Crippen molar-refractivity contribution in [1.29, 1.82) is 0 Å². The SMILES string of the molecule is Nc1ccc(Oc2ccc(F)cc2F)cc1N. The summed E-state index contributed by atoms with van der Waals surface area (Å²) < 4.78 is 31.2. The molecule has 88 valence electrons. The van der Waals surface area contributed by atoms with Crippen molar-refractivity contribution in [3.63, 3.8) is 0 Å². The van der Waals surface area contributed by atoms with Crippen LogP contribution >= 0.6 is 0 Å². The van der Waals surface area contributed by atoms with Crippen LogP contribution in [0.3, 0.4) is 0 Å². The standard InChI is InChI=1S/C12H10F2N2O/c13-7-1-4-12(9(14)5-7)17-8-2-3-10(15)11(16)6-8/h1-6H,15-16H2. The van der Waals surface area contributed by atoms with Gasteiger partial charge in [0.2, 0.25) is 0 Å². The Balaban J connectivity index is 2.28. The van der Waals surface area contributed by atoms with Gasteiger partial charge in [0.25, 0.3) is 0 Å². The van der Waals surface area contributed by atoms with Crippen LogP contribution in [0.25, 0.3) is 0 Å². The van der Waals surface area contributed by atoms with Gasteiger partial charge < -0.3 is 16.2 Å². The molecule has 3 nitrogen and oxygen atoms in total. The van der Waals surface area contributed by atoms with Crippen LogP contribution in [0, 0.1) is 11.6 Å². The van der Waals surface area contributed by atoms with Gasteiger partial charge in [0, 0.05) is 12.1 Å². The zero-order valence-electron chi connectivity index (χ0n) is 8.78. The molecule has 17 heavy (non-hydrogen) atoms. The lowest BCUT2D eigenvalue weighted by molar-refractivity contribution is 0.438. The summed E-state index contributed by atoms with van der Waals surface area (Å²) >= 11 is 0. The third kappa shape index (κ3) is 2.44. The number of nitrogen functional groups attached to an aromatic ring is 2. The topological polar surface area (TPSA) is 61.3 Å². The van der Waals surface area contributed by atoms with Gasteiger partial charge in [0.05, 0.1) is 11.4 Å². The lowest BCUT2D eigenvalue weighted by Crippen LogP contribution is -1.95. The Morgan fingerprint density at radius 1 is 0.882 bits per heavy atom. The molecule has 0 radical (unpaired) electrons. The van der Waals surface area contributed by atoms with E-state index in [1.165, 1.54) is 12.1 Å². The molecule has 0 aliphatic rings. The largest absolute Gasteiger partial charge is 0.454 e. The van der Waals surface area contributed by atoms with Gasteiger partial charge in [-0.3, -0.25) is 0 Å². The molecule has 0 bridgehead atoms. The summed E-state index contributed by atoms with van der Waals surface area (Å²) in [6.07, 6.45) is 0. The Labute approximate surface area is 96.6 Å². The number of hydrogen-bond donors (Lipinski definition) is 2. The van der Waals surface area contributed by atoms with Crippen LogP contribution in [0.2, 0.25) is 0 Å². The molecule has 0 saturated carbocycles. The smallest absolute Gasteiger partial charge is 0.168 e. The normalized spacial score (nSPS) is 10.2. The van der Waals surface area contributed by atoms with Crippen molar-refractivity contribution < 1.29 is 13.5 Å². The molecule has 2 aromatic rings. The van der Waals surface area contributed by atoms with E-state index < -0.39 is 11.6 Å². The molecular formula is C12H10F2N2O. The molecule has 0 spiro atoms. The van der Waals surface area contributed by atoms with Gasteiger partial charge in [-0.2, -0.15) is 0 Å². The summed E-state index contributed by atoms with van der Waals surface area (Å²) in [5.74, 6) is -1.18. The van der Waals surface area contributed by atoms with Crippen LogP contribution in [0.4, 0.5) is 20.2 Å². The summed E-state index contributed by atoms with van der Waals surface area (Å²) in [5.41, 5.74) is 11.9. The highest BCUT2D eigenvalue weighted by Gasteiger charge is 2.06. The van der Waals surface area contributed by atoms with Crippen LogP contribution < -0.4 is 16.2 Å². The summed E-state index contributed by atoms with van der Waals surface area (Å²) in [7, 11) is 0. The fourth-order valence-corrected chi connectivity index (χ4v) is 1.30. The second kappa shape index (κ2) is 4.29. The lowest BCUT2D eigenvalue weighted by atomic mass is 10.2. The minimum absolute atomic E-state index is 0.0735. The van der Waals surface area contributed by atoms with Crippen LogP contribution in [-0.2, 0) is 0 Å². The van der Waals surface area contributed by atoms with E-state index >= 15 is 0 Å². The summed E-state index contributed by atoms with van der Waals surface area (Å²) in [5, 5.41) is 0.